The Kier molecular flexibility index (Phi) is 3.53. The average molecular weight is 171 g/mol. The van der Waals surface area contributed by atoms with Crippen molar-refractivity contribution in [2.45, 2.75) is 45.8 Å². The van der Waals surface area contributed by atoms with Crippen molar-refractivity contribution in [3.05, 3.63) is 0 Å². The summed E-state index contributed by atoms with van der Waals surface area (Å²) in [4.78, 5) is 0. The lowest BCUT2D eigenvalue weighted by Gasteiger charge is -2.33. The van der Waals surface area contributed by atoms with Crippen molar-refractivity contribution in [3.63, 3.8) is 0 Å². The van der Waals surface area contributed by atoms with Crippen LogP contribution in [0.15, 0.2) is 0 Å². The molecule has 0 radical (unpaired) electrons. The first-order valence-corrected chi connectivity index (χ1v) is 4.98. The van der Waals surface area contributed by atoms with Gasteiger partial charge in [0.25, 0.3) is 0 Å². The second-order valence-electron chi connectivity index (χ2n) is 4.29. The number of rotatable bonds is 2. The SMILES string of the molecule is CC1CC(C(N)C(C)C)CCO1. The maximum atomic E-state index is 6.10. The van der Waals surface area contributed by atoms with Crippen molar-refractivity contribution < 1.29 is 4.74 Å². The standard InChI is InChI=1S/C10H21NO/c1-7(2)10(11)9-4-5-12-8(3)6-9/h7-10H,4-6,11H2,1-3H3. The Morgan fingerprint density at radius 3 is 2.58 bits per heavy atom. The fourth-order valence-corrected chi connectivity index (χ4v) is 1.93. The Bertz CT molecular complexity index is 136. The van der Waals surface area contributed by atoms with Gasteiger partial charge in [-0.05, 0) is 31.6 Å². The third-order valence-corrected chi connectivity index (χ3v) is 2.84. The Balaban J connectivity index is 2.40. The first-order valence-electron chi connectivity index (χ1n) is 4.98. The van der Waals surface area contributed by atoms with E-state index in [2.05, 4.69) is 20.8 Å². The summed E-state index contributed by atoms with van der Waals surface area (Å²) in [7, 11) is 0. The summed E-state index contributed by atoms with van der Waals surface area (Å²) < 4.78 is 5.48. The van der Waals surface area contributed by atoms with Crippen molar-refractivity contribution >= 4 is 0 Å². The highest BCUT2D eigenvalue weighted by atomic mass is 16.5. The van der Waals surface area contributed by atoms with Crippen LogP contribution in [0.5, 0.6) is 0 Å². The molecular weight excluding hydrogens is 150 g/mol. The highest BCUT2D eigenvalue weighted by Gasteiger charge is 2.26. The largest absolute Gasteiger partial charge is 0.378 e. The van der Waals surface area contributed by atoms with Gasteiger partial charge in [0, 0.05) is 12.6 Å². The molecule has 1 aliphatic heterocycles. The van der Waals surface area contributed by atoms with Crippen LogP contribution >= 0.6 is 0 Å². The zero-order valence-electron chi connectivity index (χ0n) is 8.42. The van der Waals surface area contributed by atoms with Crippen LogP contribution < -0.4 is 5.73 Å². The molecule has 0 bridgehead atoms. The van der Waals surface area contributed by atoms with Gasteiger partial charge in [-0.1, -0.05) is 13.8 Å². The summed E-state index contributed by atoms with van der Waals surface area (Å²) in [5, 5.41) is 0. The minimum absolute atomic E-state index is 0.358. The average Bonchev–Trinajstić information content (AvgIpc) is 2.03. The summed E-state index contributed by atoms with van der Waals surface area (Å²) in [5.74, 6) is 1.27. The van der Waals surface area contributed by atoms with Gasteiger partial charge in [0.1, 0.15) is 0 Å². The van der Waals surface area contributed by atoms with Crippen LogP contribution in [0.25, 0.3) is 0 Å². The minimum Gasteiger partial charge on any atom is -0.378 e. The minimum atomic E-state index is 0.358. The summed E-state index contributed by atoms with van der Waals surface area (Å²) in [6.45, 7) is 7.43. The third-order valence-electron chi connectivity index (χ3n) is 2.84. The Labute approximate surface area is 75.5 Å². The summed E-state index contributed by atoms with van der Waals surface area (Å²) in [6, 6.07) is 0.358. The highest BCUT2D eigenvalue weighted by molar-refractivity contribution is 4.80. The van der Waals surface area contributed by atoms with Gasteiger partial charge in [0.2, 0.25) is 0 Å². The molecule has 0 aromatic heterocycles. The monoisotopic (exact) mass is 171 g/mol. The molecule has 1 saturated heterocycles. The molecule has 72 valence electrons. The molecule has 0 aromatic rings. The normalized spacial score (nSPS) is 33.8. The van der Waals surface area contributed by atoms with Gasteiger partial charge in [-0.3, -0.25) is 0 Å². The molecule has 0 amide bonds. The molecule has 0 aromatic carbocycles. The second-order valence-corrected chi connectivity index (χ2v) is 4.29. The van der Waals surface area contributed by atoms with Crippen LogP contribution in [-0.4, -0.2) is 18.8 Å². The molecule has 12 heavy (non-hydrogen) atoms. The zero-order chi connectivity index (χ0) is 9.14. The Morgan fingerprint density at radius 2 is 2.08 bits per heavy atom. The molecule has 3 atom stereocenters. The lowest BCUT2D eigenvalue weighted by Crippen LogP contribution is -2.40. The van der Waals surface area contributed by atoms with Crippen LogP contribution in [0.1, 0.15) is 33.6 Å². The fraction of sp³-hybridized carbons (Fsp3) is 1.00. The van der Waals surface area contributed by atoms with E-state index in [1.54, 1.807) is 0 Å². The van der Waals surface area contributed by atoms with Crippen molar-refractivity contribution in [2.75, 3.05) is 6.61 Å². The van der Waals surface area contributed by atoms with Gasteiger partial charge in [0.15, 0.2) is 0 Å². The van der Waals surface area contributed by atoms with Crippen LogP contribution in [-0.2, 0) is 4.74 Å². The van der Waals surface area contributed by atoms with Crippen LogP contribution in [0.3, 0.4) is 0 Å². The van der Waals surface area contributed by atoms with Gasteiger partial charge >= 0.3 is 0 Å². The molecule has 0 spiro atoms. The topological polar surface area (TPSA) is 35.2 Å². The van der Waals surface area contributed by atoms with Crippen LogP contribution in [0.4, 0.5) is 0 Å². The number of nitrogens with two attached hydrogens (primary N) is 1. The van der Waals surface area contributed by atoms with Gasteiger partial charge in [0.05, 0.1) is 6.10 Å². The zero-order valence-corrected chi connectivity index (χ0v) is 8.42. The first kappa shape index (κ1) is 10.0. The maximum Gasteiger partial charge on any atom is 0.0550 e. The smallest absolute Gasteiger partial charge is 0.0550 e. The van der Waals surface area contributed by atoms with Crippen molar-refractivity contribution in [1.29, 1.82) is 0 Å². The number of ether oxygens (including phenoxy) is 1. The quantitative estimate of drug-likeness (QED) is 0.687. The predicted molar refractivity (Wildman–Crippen MR) is 51.0 cm³/mol. The maximum absolute atomic E-state index is 6.10. The van der Waals surface area contributed by atoms with E-state index < -0.39 is 0 Å². The number of hydrogen-bond acceptors (Lipinski definition) is 2. The van der Waals surface area contributed by atoms with Crippen molar-refractivity contribution in [2.24, 2.45) is 17.6 Å². The van der Waals surface area contributed by atoms with Gasteiger partial charge in [-0.15, -0.1) is 0 Å². The molecular formula is C10H21NO. The molecule has 0 saturated carbocycles. The molecule has 1 heterocycles. The Morgan fingerprint density at radius 1 is 1.42 bits per heavy atom. The Hall–Kier alpha value is -0.0800. The summed E-state index contributed by atoms with van der Waals surface area (Å²) in [5.41, 5.74) is 6.10. The van der Waals surface area contributed by atoms with E-state index in [1.165, 1.54) is 0 Å². The van der Waals surface area contributed by atoms with Crippen LogP contribution in [0, 0.1) is 11.8 Å². The summed E-state index contributed by atoms with van der Waals surface area (Å²) in [6.07, 6.45) is 2.69. The molecule has 1 rings (SSSR count). The van der Waals surface area contributed by atoms with E-state index in [1.807, 2.05) is 0 Å². The van der Waals surface area contributed by atoms with E-state index in [9.17, 15) is 0 Å². The molecule has 2 nitrogen and oxygen atoms in total. The number of hydrogen-bond donors (Lipinski definition) is 1. The molecule has 1 fully saturated rings. The fourth-order valence-electron chi connectivity index (χ4n) is 1.93. The predicted octanol–water partition coefficient (Wildman–Crippen LogP) is 1.78. The highest BCUT2D eigenvalue weighted by Crippen LogP contribution is 2.25. The van der Waals surface area contributed by atoms with Crippen molar-refractivity contribution in [1.82, 2.24) is 0 Å². The van der Waals surface area contributed by atoms with E-state index in [0.717, 1.165) is 19.4 Å². The van der Waals surface area contributed by atoms with Crippen LogP contribution in [0.2, 0.25) is 0 Å². The molecule has 0 aliphatic carbocycles. The van der Waals surface area contributed by atoms with Gasteiger partial charge in [-0.2, -0.15) is 0 Å². The van der Waals surface area contributed by atoms with Gasteiger partial charge in [-0.25, -0.2) is 0 Å². The van der Waals surface area contributed by atoms with E-state index in [0.29, 0.717) is 24.0 Å². The lowest BCUT2D eigenvalue weighted by molar-refractivity contribution is -0.00662. The molecule has 2 N–H and O–H groups in total. The second kappa shape index (κ2) is 4.24. The van der Waals surface area contributed by atoms with E-state index >= 15 is 0 Å². The van der Waals surface area contributed by atoms with Gasteiger partial charge < -0.3 is 10.5 Å². The first-order chi connectivity index (χ1) is 5.61. The van der Waals surface area contributed by atoms with E-state index in [4.69, 9.17) is 10.5 Å². The molecule has 1 aliphatic rings. The summed E-state index contributed by atoms with van der Waals surface area (Å²) >= 11 is 0. The molecule has 2 heteroatoms. The lowest BCUT2D eigenvalue weighted by atomic mass is 9.84. The molecule has 3 unspecified atom stereocenters. The van der Waals surface area contributed by atoms with Crippen molar-refractivity contribution in [3.8, 4) is 0 Å². The third kappa shape index (κ3) is 2.46. The van der Waals surface area contributed by atoms with E-state index in [-0.39, 0.29) is 0 Å².